The zero-order valence-electron chi connectivity index (χ0n) is 23.0. The first-order valence-electron chi connectivity index (χ1n) is 14.4. The van der Waals surface area contributed by atoms with Gasteiger partial charge in [0.05, 0.1) is 17.4 Å². The van der Waals surface area contributed by atoms with Crippen LogP contribution in [0.2, 0.25) is 5.02 Å². The maximum atomic E-state index is 14.9. The molecule has 4 amide bonds. The van der Waals surface area contributed by atoms with Gasteiger partial charge in [-0.05, 0) is 79.1 Å². The highest BCUT2D eigenvalue weighted by atomic mass is 35.5. The lowest BCUT2D eigenvalue weighted by molar-refractivity contribution is -0.143. The van der Waals surface area contributed by atoms with Crippen LogP contribution in [0.25, 0.3) is 0 Å². The molecule has 0 bridgehead atoms. The van der Waals surface area contributed by atoms with Crippen LogP contribution in [0.4, 0.5) is 21.9 Å². The molecule has 0 N–H and O–H groups in total. The Morgan fingerprint density at radius 1 is 0.738 bits per heavy atom. The third-order valence-electron chi connectivity index (χ3n) is 9.05. The Kier molecular flexibility index (Phi) is 6.59. The molecule has 0 unspecified atom stereocenters. The van der Waals surface area contributed by atoms with Crippen LogP contribution >= 0.6 is 11.6 Å². The fourth-order valence-electron chi connectivity index (χ4n) is 7.11. The largest absolute Gasteiger partial charge is 0.367 e. The lowest BCUT2D eigenvalue weighted by atomic mass is 9.63. The van der Waals surface area contributed by atoms with Crippen LogP contribution in [0, 0.1) is 11.3 Å². The maximum absolute atomic E-state index is 14.9. The summed E-state index contributed by atoms with van der Waals surface area (Å²) >= 11 is 6.48. The Balaban J connectivity index is 1.40. The van der Waals surface area contributed by atoms with Crippen LogP contribution < -0.4 is 14.7 Å². The molecule has 6 nitrogen and oxygen atoms in total. The van der Waals surface area contributed by atoms with Gasteiger partial charge in [-0.15, -0.1) is 0 Å². The molecule has 4 aromatic rings. The number of hydrogen-bond donors (Lipinski definition) is 0. The highest BCUT2D eigenvalue weighted by Crippen LogP contribution is 2.51. The van der Waals surface area contributed by atoms with E-state index in [4.69, 9.17) is 11.6 Å². The van der Waals surface area contributed by atoms with Gasteiger partial charge in [-0.3, -0.25) is 9.59 Å². The number of nitrogens with zero attached hydrogens (tertiary/aromatic N) is 3. The van der Waals surface area contributed by atoms with Crippen molar-refractivity contribution in [2.75, 3.05) is 21.2 Å². The van der Waals surface area contributed by atoms with Crippen molar-refractivity contribution < 1.29 is 14.4 Å². The van der Waals surface area contributed by atoms with Crippen LogP contribution in [0.1, 0.15) is 24.0 Å². The van der Waals surface area contributed by atoms with E-state index in [0.29, 0.717) is 29.4 Å². The second-order valence-electron chi connectivity index (χ2n) is 11.4. The lowest BCUT2D eigenvalue weighted by Crippen LogP contribution is -2.74. The molecule has 1 spiro atoms. The van der Waals surface area contributed by atoms with Gasteiger partial charge in [0.15, 0.2) is 5.41 Å². The van der Waals surface area contributed by atoms with E-state index in [0.717, 1.165) is 24.1 Å². The molecule has 3 aliphatic heterocycles. The van der Waals surface area contributed by atoms with E-state index in [9.17, 15) is 14.4 Å². The molecule has 2 atom stereocenters. The smallest absolute Gasteiger partial charge is 0.342 e. The molecule has 3 aliphatic rings. The minimum absolute atomic E-state index is 0.191. The summed E-state index contributed by atoms with van der Waals surface area (Å²) in [4.78, 5) is 48.6. The molecular formula is C35H30ClN3O3. The monoisotopic (exact) mass is 575 g/mol. The van der Waals surface area contributed by atoms with E-state index >= 15 is 0 Å². The maximum Gasteiger partial charge on any atom is 0.342 e. The zero-order valence-corrected chi connectivity index (χ0v) is 23.8. The van der Waals surface area contributed by atoms with Crippen molar-refractivity contribution in [1.29, 1.82) is 0 Å². The van der Waals surface area contributed by atoms with Gasteiger partial charge in [-0.1, -0.05) is 84.4 Å². The van der Waals surface area contributed by atoms with E-state index in [1.165, 1.54) is 15.4 Å². The van der Waals surface area contributed by atoms with Crippen molar-refractivity contribution >= 4 is 46.5 Å². The second-order valence-corrected chi connectivity index (χ2v) is 11.9. The van der Waals surface area contributed by atoms with Crippen LogP contribution in [0.15, 0.2) is 109 Å². The quantitative estimate of drug-likeness (QED) is 0.248. The predicted molar refractivity (Wildman–Crippen MR) is 165 cm³/mol. The Bertz CT molecular complexity index is 1600. The number of benzene rings is 4. The summed E-state index contributed by atoms with van der Waals surface area (Å²) in [7, 11) is 0. The third-order valence-corrected chi connectivity index (χ3v) is 9.29. The van der Waals surface area contributed by atoms with Crippen molar-refractivity contribution in [2.24, 2.45) is 11.3 Å². The average molecular weight is 576 g/mol. The molecule has 0 radical (unpaired) electrons. The van der Waals surface area contributed by atoms with Gasteiger partial charge < -0.3 is 4.90 Å². The third kappa shape index (κ3) is 4.21. The van der Waals surface area contributed by atoms with Gasteiger partial charge >= 0.3 is 6.03 Å². The van der Waals surface area contributed by atoms with Gasteiger partial charge in [0.1, 0.15) is 0 Å². The molecule has 210 valence electrons. The van der Waals surface area contributed by atoms with Crippen LogP contribution in [0.5, 0.6) is 0 Å². The van der Waals surface area contributed by atoms with Gasteiger partial charge in [0.25, 0.3) is 11.8 Å². The van der Waals surface area contributed by atoms with Gasteiger partial charge in [0, 0.05) is 17.3 Å². The first-order valence-corrected chi connectivity index (χ1v) is 14.8. The molecular weight excluding hydrogens is 546 g/mol. The number of piperidine rings is 1. The predicted octanol–water partition coefficient (Wildman–Crippen LogP) is 6.91. The summed E-state index contributed by atoms with van der Waals surface area (Å²) in [5.74, 6) is -0.668. The minimum Gasteiger partial charge on any atom is -0.367 e. The Hall–Kier alpha value is -4.42. The summed E-state index contributed by atoms with van der Waals surface area (Å²) in [5, 5.41) is 0.614. The van der Waals surface area contributed by atoms with Crippen LogP contribution in [-0.2, 0) is 22.4 Å². The molecule has 0 aliphatic carbocycles. The van der Waals surface area contributed by atoms with Gasteiger partial charge in [0.2, 0.25) is 0 Å². The van der Waals surface area contributed by atoms with Gasteiger partial charge in [-0.25, -0.2) is 14.6 Å². The van der Waals surface area contributed by atoms with E-state index in [2.05, 4.69) is 17.0 Å². The number of rotatable bonds is 4. The van der Waals surface area contributed by atoms with Crippen LogP contribution in [-0.4, -0.2) is 30.4 Å². The average Bonchev–Trinajstić information content (AvgIpc) is 3.02. The molecule has 3 heterocycles. The minimum atomic E-state index is -1.50. The number of urea groups is 1. The standard InChI is InChI=1S/C35H30ClN3O3/c36-27-17-16-26-23-35(31-21-25(18-19-37(31)30(26)22-27)20-24-10-4-1-5-11-24)32(40)38(28-12-6-2-7-13-28)34(42)39(33(35)41)29-14-8-3-9-15-29/h1-17,22,25,31H,18-21,23H2/t25-,31+/m1/s1. The van der Waals surface area contributed by atoms with Crippen LogP contribution in [0.3, 0.4) is 0 Å². The van der Waals surface area contributed by atoms with E-state index in [1.54, 1.807) is 48.5 Å². The second kappa shape index (κ2) is 10.4. The molecule has 0 saturated carbocycles. The fraction of sp³-hybridized carbons (Fsp3) is 0.229. The first-order chi connectivity index (χ1) is 20.5. The van der Waals surface area contributed by atoms with Gasteiger partial charge in [-0.2, -0.15) is 0 Å². The summed E-state index contributed by atoms with van der Waals surface area (Å²) in [6.45, 7) is 0.683. The normalized spacial score (nSPS) is 21.4. The number of carbonyl (C=O) groups excluding carboxylic acids is 3. The number of amides is 4. The van der Waals surface area contributed by atoms with E-state index in [1.807, 2.05) is 48.5 Å². The first kappa shape index (κ1) is 26.5. The van der Waals surface area contributed by atoms with E-state index in [-0.39, 0.29) is 12.3 Å². The Labute approximate surface area is 250 Å². The molecule has 42 heavy (non-hydrogen) atoms. The molecule has 7 heteroatoms. The highest BCUT2D eigenvalue weighted by molar-refractivity contribution is 6.39. The molecule has 7 rings (SSSR count). The number of carbonyl (C=O) groups is 3. The number of imide groups is 2. The summed E-state index contributed by atoms with van der Waals surface area (Å²) in [6, 6.07) is 32.8. The molecule has 2 fully saturated rings. The number of anilines is 3. The Morgan fingerprint density at radius 3 is 1.90 bits per heavy atom. The van der Waals surface area contributed by atoms with Crippen molar-refractivity contribution in [3.63, 3.8) is 0 Å². The topological polar surface area (TPSA) is 60.9 Å². The number of hydrogen-bond acceptors (Lipinski definition) is 4. The van der Waals surface area contributed by atoms with Crippen molar-refractivity contribution in [2.45, 2.75) is 31.7 Å². The highest BCUT2D eigenvalue weighted by Gasteiger charge is 2.65. The van der Waals surface area contributed by atoms with Crippen molar-refractivity contribution in [1.82, 2.24) is 0 Å². The Morgan fingerprint density at radius 2 is 1.31 bits per heavy atom. The summed E-state index contributed by atoms with van der Waals surface area (Å²) in [6.07, 6.45) is 2.60. The lowest BCUT2D eigenvalue weighted by Gasteiger charge is -2.56. The summed E-state index contributed by atoms with van der Waals surface area (Å²) < 4.78 is 0. The molecule has 4 aromatic carbocycles. The SMILES string of the molecule is O=C1N(c2ccccc2)C(=O)C2(Cc3ccc(Cl)cc3N3CC[C@H](Cc4ccccc4)C[C@H]32)C(=O)N1c1ccccc1. The number of fused-ring (bicyclic) bond motifs is 4. The van der Waals surface area contributed by atoms with Crippen molar-refractivity contribution in [3.05, 3.63) is 125 Å². The van der Waals surface area contributed by atoms with E-state index < -0.39 is 29.3 Å². The number of barbiturate groups is 1. The number of halogens is 1. The fourth-order valence-corrected chi connectivity index (χ4v) is 7.28. The number of para-hydroxylation sites is 2. The molecule has 2 saturated heterocycles. The zero-order chi connectivity index (χ0) is 28.8. The molecule has 0 aromatic heterocycles. The summed E-state index contributed by atoms with van der Waals surface area (Å²) in [5.41, 5.74) is 2.48. The van der Waals surface area contributed by atoms with Crippen molar-refractivity contribution in [3.8, 4) is 0 Å².